The van der Waals surface area contributed by atoms with E-state index in [-0.39, 0.29) is 18.0 Å². The smallest absolute Gasteiger partial charge is 0.269 e. The van der Waals surface area contributed by atoms with Gasteiger partial charge in [0.05, 0.1) is 17.2 Å². The molecule has 1 aliphatic rings. The van der Waals surface area contributed by atoms with Gasteiger partial charge in [-0.25, -0.2) is 8.42 Å². The van der Waals surface area contributed by atoms with E-state index in [1.54, 1.807) is 0 Å². The van der Waals surface area contributed by atoms with Crippen LogP contribution < -0.4 is 0 Å². The molecule has 1 heterocycles. The van der Waals surface area contributed by atoms with E-state index in [0.29, 0.717) is 23.2 Å². The number of nitro benzene ring substituents is 1. The average molecular weight is 364 g/mol. The summed E-state index contributed by atoms with van der Waals surface area (Å²) in [4.78, 5) is 10.1. The molecule has 134 valence electrons. The van der Waals surface area contributed by atoms with Gasteiger partial charge < -0.3 is 4.42 Å². The number of rotatable bonds is 7. The van der Waals surface area contributed by atoms with Crippen molar-refractivity contribution >= 4 is 15.7 Å². The highest BCUT2D eigenvalue weighted by molar-refractivity contribution is 7.88. The van der Waals surface area contributed by atoms with Crippen LogP contribution in [0.5, 0.6) is 0 Å². The van der Waals surface area contributed by atoms with Crippen molar-refractivity contribution in [3.8, 4) is 0 Å². The first-order valence-electron chi connectivity index (χ1n) is 8.02. The number of furan rings is 1. The second-order valence-electron chi connectivity index (χ2n) is 6.56. The summed E-state index contributed by atoms with van der Waals surface area (Å²) in [7, 11) is -2.04. The van der Waals surface area contributed by atoms with Crippen molar-refractivity contribution in [1.82, 2.24) is 4.31 Å². The molecule has 0 bridgehead atoms. The fourth-order valence-corrected chi connectivity index (χ4v) is 3.91. The van der Waals surface area contributed by atoms with Gasteiger partial charge in [-0.1, -0.05) is 19.1 Å². The summed E-state index contributed by atoms with van der Waals surface area (Å²) in [6, 6.07) is 9.27. The molecule has 1 aliphatic carbocycles. The topological polar surface area (TPSA) is 93.7 Å². The lowest BCUT2D eigenvalue weighted by Gasteiger charge is -2.16. The average Bonchev–Trinajstić information content (AvgIpc) is 3.09. The lowest BCUT2D eigenvalue weighted by Crippen LogP contribution is -2.27. The summed E-state index contributed by atoms with van der Waals surface area (Å²) >= 11 is 0. The fourth-order valence-electron chi connectivity index (χ4n) is 2.75. The van der Waals surface area contributed by atoms with Gasteiger partial charge in [0.15, 0.2) is 0 Å². The zero-order valence-electron chi connectivity index (χ0n) is 14.1. The van der Waals surface area contributed by atoms with Crippen molar-refractivity contribution in [3.63, 3.8) is 0 Å². The van der Waals surface area contributed by atoms with E-state index in [1.165, 1.54) is 35.6 Å². The molecule has 0 aliphatic heterocycles. The lowest BCUT2D eigenvalue weighted by molar-refractivity contribution is -0.384. The first-order valence-corrected chi connectivity index (χ1v) is 9.63. The van der Waals surface area contributed by atoms with Crippen LogP contribution >= 0.6 is 0 Å². The van der Waals surface area contributed by atoms with Crippen LogP contribution in [0, 0.1) is 16.0 Å². The molecular weight excluding hydrogens is 344 g/mol. The number of nitrogens with zero attached hydrogens (tertiary/aromatic N) is 2. The van der Waals surface area contributed by atoms with Crippen molar-refractivity contribution in [1.29, 1.82) is 0 Å². The quantitative estimate of drug-likeness (QED) is 0.555. The molecule has 2 aromatic rings. The maximum atomic E-state index is 12.5. The van der Waals surface area contributed by atoms with Gasteiger partial charge in [-0.3, -0.25) is 10.1 Å². The number of non-ortho nitro benzene ring substituents is 1. The summed E-state index contributed by atoms with van der Waals surface area (Å²) in [5, 5.41) is 10.7. The van der Waals surface area contributed by atoms with E-state index in [0.717, 1.165) is 12.2 Å². The Morgan fingerprint density at radius 1 is 1.24 bits per heavy atom. The molecule has 1 fully saturated rings. The predicted molar refractivity (Wildman–Crippen MR) is 92.4 cm³/mol. The van der Waals surface area contributed by atoms with Gasteiger partial charge in [0, 0.05) is 25.1 Å². The van der Waals surface area contributed by atoms with Crippen LogP contribution in [0.2, 0.25) is 0 Å². The fraction of sp³-hybridized carbons (Fsp3) is 0.412. The molecule has 1 aromatic heterocycles. The largest absolute Gasteiger partial charge is 0.464 e. The summed E-state index contributed by atoms with van der Waals surface area (Å²) in [6.45, 7) is 2.32. The van der Waals surface area contributed by atoms with Gasteiger partial charge in [0.1, 0.15) is 11.5 Å². The molecule has 0 spiro atoms. The van der Waals surface area contributed by atoms with Gasteiger partial charge in [-0.05, 0) is 30.0 Å². The highest BCUT2D eigenvalue weighted by Gasteiger charge is 2.36. The Bertz CT molecular complexity index is 873. The number of hydrogen-bond acceptors (Lipinski definition) is 5. The molecule has 0 amide bonds. The predicted octanol–water partition coefficient (Wildman–Crippen LogP) is 3.27. The minimum absolute atomic E-state index is 0.0630. The molecule has 1 aromatic carbocycles. The lowest BCUT2D eigenvalue weighted by atomic mass is 10.2. The van der Waals surface area contributed by atoms with Gasteiger partial charge in [0.25, 0.3) is 5.69 Å². The Balaban J connectivity index is 1.64. The van der Waals surface area contributed by atoms with E-state index >= 15 is 0 Å². The summed E-state index contributed by atoms with van der Waals surface area (Å²) < 4.78 is 32.0. The summed E-state index contributed by atoms with van der Waals surface area (Å²) in [6.07, 6.45) is 1.11. The normalized spacial score (nSPS) is 20.0. The van der Waals surface area contributed by atoms with Crippen LogP contribution in [0.4, 0.5) is 5.69 Å². The Hall–Kier alpha value is -2.19. The Morgan fingerprint density at radius 3 is 2.44 bits per heavy atom. The molecule has 0 radical (unpaired) electrons. The first-order chi connectivity index (χ1) is 11.8. The summed E-state index contributed by atoms with van der Waals surface area (Å²) in [5.74, 6) is 2.40. The standard InChI is InChI=1S/C17H20N2O5S/c1-12-9-16(12)17-8-7-15(24-17)10-18(2)25(22,23)11-13-3-5-14(6-4-13)19(20)21/h3-8,12,16H,9-11H2,1-2H3/t12-,16-/m1/s1. The SMILES string of the molecule is C[C@@H]1C[C@H]1c1ccc(CN(C)S(=O)(=O)Cc2ccc([N+](=O)[O-])cc2)o1. The first kappa shape index (κ1) is 17.6. The molecule has 0 unspecified atom stereocenters. The highest BCUT2D eigenvalue weighted by atomic mass is 32.2. The molecule has 0 N–H and O–H groups in total. The number of sulfonamides is 1. The molecule has 3 rings (SSSR count). The third kappa shape index (κ3) is 4.08. The zero-order chi connectivity index (χ0) is 18.2. The Morgan fingerprint density at radius 2 is 1.88 bits per heavy atom. The highest BCUT2D eigenvalue weighted by Crippen LogP contribution is 2.47. The van der Waals surface area contributed by atoms with Crippen molar-refractivity contribution in [2.75, 3.05) is 7.05 Å². The zero-order valence-corrected chi connectivity index (χ0v) is 14.9. The van der Waals surface area contributed by atoms with Gasteiger partial charge in [-0.15, -0.1) is 0 Å². The number of nitro groups is 1. The second kappa shape index (κ2) is 6.61. The van der Waals surface area contributed by atoms with Crippen molar-refractivity contribution in [2.45, 2.75) is 31.6 Å². The number of hydrogen-bond donors (Lipinski definition) is 0. The third-order valence-electron chi connectivity index (χ3n) is 4.51. The van der Waals surface area contributed by atoms with E-state index in [9.17, 15) is 18.5 Å². The van der Waals surface area contributed by atoms with Gasteiger partial charge >= 0.3 is 0 Å². The van der Waals surface area contributed by atoms with Crippen LogP contribution in [-0.4, -0.2) is 24.7 Å². The number of benzene rings is 1. The Kier molecular flexibility index (Phi) is 4.66. The van der Waals surface area contributed by atoms with E-state index < -0.39 is 14.9 Å². The van der Waals surface area contributed by atoms with Crippen LogP contribution in [-0.2, 0) is 22.3 Å². The van der Waals surface area contributed by atoms with Crippen LogP contribution in [0.1, 0.15) is 36.3 Å². The molecule has 8 heteroatoms. The minimum atomic E-state index is -3.55. The molecule has 2 atom stereocenters. The summed E-state index contributed by atoms with van der Waals surface area (Å²) in [5.41, 5.74) is 0.441. The van der Waals surface area contributed by atoms with E-state index in [4.69, 9.17) is 4.42 Å². The van der Waals surface area contributed by atoms with Gasteiger partial charge in [-0.2, -0.15) is 4.31 Å². The molecule has 0 saturated heterocycles. The van der Waals surface area contributed by atoms with Crippen molar-refractivity contribution < 1.29 is 17.8 Å². The minimum Gasteiger partial charge on any atom is -0.464 e. The maximum absolute atomic E-state index is 12.5. The Labute approximate surface area is 146 Å². The van der Waals surface area contributed by atoms with E-state index in [1.807, 2.05) is 12.1 Å². The van der Waals surface area contributed by atoms with E-state index in [2.05, 4.69) is 6.92 Å². The van der Waals surface area contributed by atoms with Gasteiger partial charge in [0.2, 0.25) is 10.0 Å². The monoisotopic (exact) mass is 364 g/mol. The second-order valence-corrected chi connectivity index (χ2v) is 8.64. The van der Waals surface area contributed by atoms with Crippen LogP contribution in [0.25, 0.3) is 0 Å². The molecular formula is C17H20N2O5S. The molecule has 25 heavy (non-hydrogen) atoms. The molecule has 1 saturated carbocycles. The van der Waals surface area contributed by atoms with Crippen molar-refractivity contribution in [2.24, 2.45) is 5.92 Å². The maximum Gasteiger partial charge on any atom is 0.269 e. The van der Waals surface area contributed by atoms with Crippen LogP contribution in [0.3, 0.4) is 0 Å². The molecule has 7 nitrogen and oxygen atoms in total. The van der Waals surface area contributed by atoms with Crippen LogP contribution in [0.15, 0.2) is 40.8 Å². The van der Waals surface area contributed by atoms with Crippen molar-refractivity contribution in [3.05, 3.63) is 63.6 Å². The third-order valence-corrected chi connectivity index (χ3v) is 6.28.